The standard InChI is InChI=1S/C17H18FNO2S/c1-2-11-21-16-6-4-3-5-15(16)19-17(20)12-22-14-9-7-13(18)8-10-14/h3-10H,2,11-12H2,1H3,(H,19,20). The van der Waals surface area contributed by atoms with Gasteiger partial charge in [0.1, 0.15) is 11.6 Å². The second-order valence-corrected chi connectivity index (χ2v) is 5.68. The van der Waals surface area contributed by atoms with Crippen LogP contribution < -0.4 is 10.1 Å². The highest BCUT2D eigenvalue weighted by molar-refractivity contribution is 8.00. The highest BCUT2D eigenvalue weighted by atomic mass is 32.2. The number of halogens is 1. The SMILES string of the molecule is CCCOc1ccccc1NC(=O)CSc1ccc(F)cc1. The molecule has 0 aliphatic heterocycles. The van der Waals surface area contributed by atoms with E-state index in [1.807, 2.05) is 31.2 Å². The average Bonchev–Trinajstić information content (AvgIpc) is 2.53. The number of amides is 1. The van der Waals surface area contributed by atoms with Gasteiger partial charge in [0.05, 0.1) is 18.0 Å². The summed E-state index contributed by atoms with van der Waals surface area (Å²) in [7, 11) is 0. The van der Waals surface area contributed by atoms with E-state index in [0.29, 0.717) is 18.0 Å². The Morgan fingerprint density at radius 3 is 2.64 bits per heavy atom. The zero-order valence-electron chi connectivity index (χ0n) is 12.3. The molecule has 5 heteroatoms. The predicted octanol–water partition coefficient (Wildman–Crippen LogP) is 4.35. The van der Waals surface area contributed by atoms with E-state index >= 15 is 0 Å². The van der Waals surface area contributed by atoms with Crippen molar-refractivity contribution in [2.24, 2.45) is 0 Å². The summed E-state index contributed by atoms with van der Waals surface area (Å²) in [5.41, 5.74) is 0.667. The third-order valence-electron chi connectivity index (χ3n) is 2.81. The Balaban J connectivity index is 1.90. The number of hydrogen-bond acceptors (Lipinski definition) is 3. The van der Waals surface area contributed by atoms with E-state index in [1.165, 1.54) is 23.9 Å². The molecule has 22 heavy (non-hydrogen) atoms. The molecule has 116 valence electrons. The number of hydrogen-bond donors (Lipinski definition) is 1. The van der Waals surface area contributed by atoms with Crippen LogP contribution in [0.2, 0.25) is 0 Å². The van der Waals surface area contributed by atoms with Gasteiger partial charge in [0, 0.05) is 4.90 Å². The van der Waals surface area contributed by atoms with E-state index in [1.54, 1.807) is 12.1 Å². The third kappa shape index (κ3) is 5.07. The molecule has 0 heterocycles. The monoisotopic (exact) mass is 319 g/mol. The van der Waals surface area contributed by atoms with Crippen molar-refractivity contribution in [3.05, 3.63) is 54.3 Å². The second-order valence-electron chi connectivity index (χ2n) is 4.64. The van der Waals surface area contributed by atoms with Gasteiger partial charge in [0.25, 0.3) is 0 Å². The number of thioether (sulfide) groups is 1. The summed E-state index contributed by atoms with van der Waals surface area (Å²) in [5, 5.41) is 2.84. The minimum atomic E-state index is -0.282. The number of anilines is 1. The maximum atomic E-state index is 12.8. The lowest BCUT2D eigenvalue weighted by Gasteiger charge is -2.11. The maximum absolute atomic E-state index is 12.8. The van der Waals surface area contributed by atoms with Gasteiger partial charge in [-0.3, -0.25) is 4.79 Å². The van der Waals surface area contributed by atoms with Crippen LogP contribution in [0.4, 0.5) is 10.1 Å². The second kappa shape index (κ2) is 8.44. The Morgan fingerprint density at radius 1 is 1.18 bits per heavy atom. The molecule has 2 rings (SSSR count). The summed E-state index contributed by atoms with van der Waals surface area (Å²) in [6, 6.07) is 13.4. The molecule has 2 aromatic rings. The van der Waals surface area contributed by atoms with Crippen molar-refractivity contribution in [3.8, 4) is 5.75 Å². The summed E-state index contributed by atoms with van der Waals surface area (Å²) in [5.74, 6) is 0.524. The number of benzene rings is 2. The fourth-order valence-electron chi connectivity index (χ4n) is 1.77. The highest BCUT2D eigenvalue weighted by Crippen LogP contribution is 2.25. The van der Waals surface area contributed by atoms with E-state index in [0.717, 1.165) is 11.3 Å². The van der Waals surface area contributed by atoms with E-state index in [2.05, 4.69) is 5.32 Å². The Labute approximate surface area is 133 Å². The molecule has 0 bridgehead atoms. The minimum absolute atomic E-state index is 0.123. The molecular weight excluding hydrogens is 301 g/mol. The molecule has 0 saturated carbocycles. The Kier molecular flexibility index (Phi) is 6.27. The highest BCUT2D eigenvalue weighted by Gasteiger charge is 2.08. The van der Waals surface area contributed by atoms with Crippen molar-refractivity contribution in [2.45, 2.75) is 18.2 Å². The number of para-hydroxylation sites is 2. The molecule has 0 atom stereocenters. The lowest BCUT2D eigenvalue weighted by atomic mass is 10.3. The van der Waals surface area contributed by atoms with Crippen LogP contribution >= 0.6 is 11.8 Å². The minimum Gasteiger partial charge on any atom is -0.491 e. The molecule has 0 aliphatic rings. The van der Waals surface area contributed by atoms with Crippen LogP contribution in [0.15, 0.2) is 53.4 Å². The van der Waals surface area contributed by atoms with Gasteiger partial charge in [-0.2, -0.15) is 0 Å². The summed E-state index contributed by atoms with van der Waals surface area (Å²) >= 11 is 1.36. The van der Waals surface area contributed by atoms with Gasteiger partial charge in [-0.1, -0.05) is 19.1 Å². The predicted molar refractivity (Wildman–Crippen MR) is 88.0 cm³/mol. The van der Waals surface area contributed by atoms with Crippen LogP contribution in [0.25, 0.3) is 0 Å². The topological polar surface area (TPSA) is 38.3 Å². The van der Waals surface area contributed by atoms with Crippen LogP contribution in [0.5, 0.6) is 5.75 Å². The zero-order valence-corrected chi connectivity index (χ0v) is 13.2. The summed E-state index contributed by atoms with van der Waals surface area (Å²) < 4.78 is 18.4. The molecule has 0 saturated heterocycles. The lowest BCUT2D eigenvalue weighted by molar-refractivity contribution is -0.113. The maximum Gasteiger partial charge on any atom is 0.234 e. The van der Waals surface area contributed by atoms with Gasteiger partial charge in [-0.15, -0.1) is 11.8 Å². The normalized spacial score (nSPS) is 10.3. The van der Waals surface area contributed by atoms with Crippen LogP contribution in [0, 0.1) is 5.82 Å². The largest absolute Gasteiger partial charge is 0.491 e. The van der Waals surface area contributed by atoms with Gasteiger partial charge in [-0.25, -0.2) is 4.39 Å². The molecule has 0 radical (unpaired) electrons. The fraction of sp³-hybridized carbons (Fsp3) is 0.235. The smallest absolute Gasteiger partial charge is 0.234 e. The number of nitrogens with one attached hydrogen (secondary N) is 1. The molecule has 2 aromatic carbocycles. The van der Waals surface area contributed by atoms with Gasteiger partial charge in [0.15, 0.2) is 0 Å². The molecule has 0 fully saturated rings. The molecule has 0 aliphatic carbocycles. The van der Waals surface area contributed by atoms with Crippen LogP contribution in [0.1, 0.15) is 13.3 Å². The summed E-state index contributed by atoms with van der Waals surface area (Å²) in [6.45, 7) is 2.64. The Morgan fingerprint density at radius 2 is 1.91 bits per heavy atom. The van der Waals surface area contributed by atoms with Crippen molar-refractivity contribution < 1.29 is 13.9 Å². The van der Waals surface area contributed by atoms with Gasteiger partial charge >= 0.3 is 0 Å². The fourth-order valence-corrected chi connectivity index (χ4v) is 2.47. The van der Waals surface area contributed by atoms with Crippen molar-refractivity contribution in [3.63, 3.8) is 0 Å². The van der Waals surface area contributed by atoms with Crippen LogP contribution in [-0.4, -0.2) is 18.3 Å². The van der Waals surface area contributed by atoms with Crippen molar-refractivity contribution >= 4 is 23.4 Å². The molecule has 1 amide bonds. The van der Waals surface area contributed by atoms with Gasteiger partial charge in [0.2, 0.25) is 5.91 Å². The quantitative estimate of drug-likeness (QED) is 0.771. The van der Waals surface area contributed by atoms with Crippen molar-refractivity contribution in [2.75, 3.05) is 17.7 Å². The first-order valence-electron chi connectivity index (χ1n) is 7.09. The molecule has 3 nitrogen and oxygen atoms in total. The summed E-state index contributed by atoms with van der Waals surface area (Å²) in [6.07, 6.45) is 0.905. The zero-order chi connectivity index (χ0) is 15.8. The number of carbonyl (C=O) groups excluding carboxylic acids is 1. The molecule has 0 unspecified atom stereocenters. The Bertz CT molecular complexity index is 616. The molecular formula is C17H18FNO2S. The third-order valence-corrected chi connectivity index (χ3v) is 3.82. The van der Waals surface area contributed by atoms with Crippen molar-refractivity contribution in [1.29, 1.82) is 0 Å². The molecule has 0 aromatic heterocycles. The first kappa shape index (κ1) is 16.4. The first-order valence-corrected chi connectivity index (χ1v) is 8.07. The number of ether oxygens (including phenoxy) is 1. The van der Waals surface area contributed by atoms with E-state index in [9.17, 15) is 9.18 Å². The Hall–Kier alpha value is -2.01. The molecule has 0 spiro atoms. The van der Waals surface area contributed by atoms with E-state index in [-0.39, 0.29) is 17.5 Å². The average molecular weight is 319 g/mol. The van der Waals surface area contributed by atoms with Crippen LogP contribution in [0.3, 0.4) is 0 Å². The van der Waals surface area contributed by atoms with Gasteiger partial charge in [-0.05, 0) is 42.8 Å². The lowest BCUT2D eigenvalue weighted by Crippen LogP contribution is -2.15. The van der Waals surface area contributed by atoms with Crippen molar-refractivity contribution in [1.82, 2.24) is 0 Å². The molecule has 1 N–H and O–H groups in total. The van der Waals surface area contributed by atoms with E-state index in [4.69, 9.17) is 4.74 Å². The van der Waals surface area contributed by atoms with E-state index < -0.39 is 0 Å². The summed E-state index contributed by atoms with van der Waals surface area (Å²) in [4.78, 5) is 12.9. The number of carbonyl (C=O) groups is 1. The van der Waals surface area contributed by atoms with Gasteiger partial charge < -0.3 is 10.1 Å². The number of rotatable bonds is 7. The first-order chi connectivity index (χ1) is 10.7. The van der Waals surface area contributed by atoms with Crippen LogP contribution in [-0.2, 0) is 4.79 Å².